The van der Waals surface area contributed by atoms with Crippen molar-refractivity contribution in [2.75, 3.05) is 18.5 Å². The molecule has 0 aliphatic heterocycles. The van der Waals surface area contributed by atoms with Gasteiger partial charge in [-0.3, -0.25) is 9.59 Å². The molecule has 0 heterocycles. The van der Waals surface area contributed by atoms with Gasteiger partial charge in [0.15, 0.2) is 24.4 Å². The van der Waals surface area contributed by atoms with Gasteiger partial charge in [-0.15, -0.1) is 0 Å². The van der Waals surface area contributed by atoms with Gasteiger partial charge in [0, 0.05) is 37.8 Å². The number of aliphatic carboxylic acids is 2. The molecule has 12 heteroatoms. The molecular formula is C48H68N2O10. The summed E-state index contributed by atoms with van der Waals surface area (Å²) in [5.74, 6) is -0.474. The summed E-state index contributed by atoms with van der Waals surface area (Å²) in [5.41, 5.74) is 3.95. The zero-order chi connectivity index (χ0) is 44.6. The number of rotatable bonds is 18. The van der Waals surface area contributed by atoms with Crippen LogP contribution in [0.2, 0.25) is 0 Å². The number of carbonyl (C=O) groups is 4. The number of carbonyl (C=O) groups excluding carboxylic acids is 2. The van der Waals surface area contributed by atoms with E-state index in [9.17, 15) is 29.4 Å². The van der Waals surface area contributed by atoms with Crippen LogP contribution in [-0.4, -0.2) is 77.6 Å². The second-order valence-electron chi connectivity index (χ2n) is 17.5. The predicted molar refractivity (Wildman–Crippen MR) is 234 cm³/mol. The van der Waals surface area contributed by atoms with Crippen molar-refractivity contribution in [3.8, 4) is 11.5 Å². The normalized spacial score (nSPS) is 17.4. The number of carboxylic acids is 2. The lowest BCUT2D eigenvalue weighted by Crippen LogP contribution is -2.44. The van der Waals surface area contributed by atoms with Crippen LogP contribution in [0.5, 0.6) is 11.5 Å². The Balaban J connectivity index is 0.000000320. The number of carboxylic acid groups (broad SMARTS) is 2. The first-order valence-electron chi connectivity index (χ1n) is 21.1. The quantitative estimate of drug-likeness (QED) is 0.0974. The largest absolute Gasteiger partial charge is 0.481 e. The molecular weight excluding hydrogens is 765 g/mol. The smallest absolute Gasteiger partial charge is 0.333 e. The van der Waals surface area contributed by atoms with E-state index in [1.54, 1.807) is 64.1 Å². The molecule has 1 fully saturated rings. The summed E-state index contributed by atoms with van der Waals surface area (Å²) >= 11 is 0. The number of benzene rings is 3. The van der Waals surface area contributed by atoms with Crippen molar-refractivity contribution < 1.29 is 48.3 Å². The summed E-state index contributed by atoms with van der Waals surface area (Å²) in [6.07, 6.45) is 1.85. The molecule has 3 aromatic rings. The molecule has 3 aromatic carbocycles. The lowest BCUT2D eigenvalue weighted by atomic mass is 9.71. The van der Waals surface area contributed by atoms with E-state index in [0.29, 0.717) is 36.0 Å². The molecule has 4 atom stereocenters. The minimum Gasteiger partial charge on any atom is -0.481 e. The molecule has 60 heavy (non-hydrogen) atoms. The highest BCUT2D eigenvalue weighted by atomic mass is 16.5. The predicted octanol–water partition coefficient (Wildman–Crippen LogP) is 8.63. The molecule has 12 nitrogen and oxygen atoms in total. The third-order valence-electron chi connectivity index (χ3n) is 10.7. The van der Waals surface area contributed by atoms with Crippen molar-refractivity contribution in [2.45, 2.75) is 144 Å². The van der Waals surface area contributed by atoms with Crippen LogP contribution in [0.15, 0.2) is 72.8 Å². The van der Waals surface area contributed by atoms with Gasteiger partial charge in [0.1, 0.15) is 11.5 Å². The highest BCUT2D eigenvalue weighted by Crippen LogP contribution is 2.37. The molecule has 4 rings (SSSR count). The molecule has 0 aromatic heterocycles. The summed E-state index contributed by atoms with van der Waals surface area (Å²) in [5, 5.41) is 24.4. The number of nitrogens with one attached hydrogen (secondary N) is 2. The van der Waals surface area contributed by atoms with Crippen LogP contribution in [0.25, 0.3) is 0 Å². The van der Waals surface area contributed by atoms with Gasteiger partial charge in [0.25, 0.3) is 11.8 Å². The van der Waals surface area contributed by atoms with Crippen LogP contribution >= 0.6 is 0 Å². The van der Waals surface area contributed by atoms with Crippen molar-refractivity contribution in [1.29, 1.82) is 0 Å². The van der Waals surface area contributed by atoms with E-state index in [-0.39, 0.29) is 36.1 Å². The maximum atomic E-state index is 12.5. The Kier molecular flexibility index (Phi) is 19.1. The third kappa shape index (κ3) is 16.6. The van der Waals surface area contributed by atoms with E-state index in [1.807, 2.05) is 36.4 Å². The number of hydrogen-bond acceptors (Lipinski definition) is 8. The highest BCUT2D eigenvalue weighted by molar-refractivity contribution is 5.94. The zero-order valence-corrected chi connectivity index (χ0v) is 37.2. The second-order valence-corrected chi connectivity index (χ2v) is 17.5. The maximum Gasteiger partial charge on any atom is 0.333 e. The van der Waals surface area contributed by atoms with Crippen molar-refractivity contribution in [1.82, 2.24) is 5.32 Å². The van der Waals surface area contributed by atoms with E-state index in [0.717, 1.165) is 42.5 Å². The summed E-state index contributed by atoms with van der Waals surface area (Å²) in [6.45, 7) is 20.9. The van der Waals surface area contributed by atoms with Gasteiger partial charge in [0.05, 0.1) is 0 Å². The Hall–Kier alpha value is -4.94. The molecule has 0 bridgehead atoms. The van der Waals surface area contributed by atoms with Crippen LogP contribution in [0, 0.1) is 11.3 Å². The fourth-order valence-corrected chi connectivity index (χ4v) is 6.91. The number of amides is 2. The highest BCUT2D eigenvalue weighted by Gasteiger charge is 2.31. The second kappa shape index (κ2) is 23.2. The summed E-state index contributed by atoms with van der Waals surface area (Å²) in [4.78, 5) is 47.4. The number of ether oxygens (including phenoxy) is 4. The molecule has 0 saturated heterocycles. The zero-order valence-electron chi connectivity index (χ0n) is 37.2. The Morgan fingerprint density at radius 1 is 0.633 bits per heavy atom. The monoisotopic (exact) mass is 832 g/mol. The first-order valence-corrected chi connectivity index (χ1v) is 21.1. The maximum absolute atomic E-state index is 12.5. The molecule has 1 saturated carbocycles. The van der Waals surface area contributed by atoms with Crippen LogP contribution in [0.1, 0.15) is 112 Å². The lowest BCUT2D eigenvalue weighted by Gasteiger charge is -2.37. The Morgan fingerprint density at radius 2 is 1.05 bits per heavy atom. The van der Waals surface area contributed by atoms with Gasteiger partial charge >= 0.3 is 11.9 Å². The molecule has 1 aliphatic rings. The molecule has 0 spiro atoms. The average molecular weight is 833 g/mol. The molecule has 2 unspecified atom stereocenters. The van der Waals surface area contributed by atoms with E-state index >= 15 is 0 Å². The van der Waals surface area contributed by atoms with E-state index in [4.69, 9.17) is 18.9 Å². The van der Waals surface area contributed by atoms with Crippen LogP contribution in [0.3, 0.4) is 0 Å². The SMILES string of the molecule is CCOC(Cc1ccc(OC(C)C(=O)N[C@H]2CC[C@H](C(C)(C)C)CC2)cc1)C(=O)O.CCO[C@@H](Cc1ccc(O[C@H](C)C(=O)Nc2ccc(C(C)(C)C)cc2)cc1)C(=O)O. The van der Waals surface area contributed by atoms with Crippen molar-refractivity contribution in [2.24, 2.45) is 11.3 Å². The average Bonchev–Trinajstić information content (AvgIpc) is 3.18. The van der Waals surface area contributed by atoms with Crippen LogP contribution in [0.4, 0.5) is 5.69 Å². The molecule has 330 valence electrons. The van der Waals surface area contributed by atoms with Gasteiger partial charge in [-0.05, 0) is 123 Å². The van der Waals surface area contributed by atoms with Crippen LogP contribution in [-0.2, 0) is 46.9 Å². The van der Waals surface area contributed by atoms with Gasteiger partial charge in [0.2, 0.25) is 0 Å². The Labute approximate surface area is 356 Å². The lowest BCUT2D eigenvalue weighted by molar-refractivity contribution is -0.150. The first kappa shape index (κ1) is 49.4. The summed E-state index contributed by atoms with van der Waals surface area (Å²) < 4.78 is 22.0. The topological polar surface area (TPSA) is 170 Å². The molecule has 4 N–H and O–H groups in total. The van der Waals surface area contributed by atoms with E-state index in [1.165, 1.54) is 5.56 Å². The number of hydrogen-bond donors (Lipinski definition) is 4. The molecule has 0 radical (unpaired) electrons. The summed E-state index contributed by atoms with van der Waals surface area (Å²) in [6, 6.07) is 22.1. The fourth-order valence-electron chi connectivity index (χ4n) is 6.91. The van der Waals surface area contributed by atoms with Crippen molar-refractivity contribution in [3.63, 3.8) is 0 Å². The van der Waals surface area contributed by atoms with E-state index in [2.05, 4.69) is 52.2 Å². The Bertz CT molecular complexity index is 1790. The summed E-state index contributed by atoms with van der Waals surface area (Å²) in [7, 11) is 0. The fraction of sp³-hybridized carbons (Fsp3) is 0.542. The third-order valence-corrected chi connectivity index (χ3v) is 10.7. The minimum atomic E-state index is -0.988. The molecule has 2 amide bonds. The van der Waals surface area contributed by atoms with Crippen molar-refractivity contribution in [3.05, 3.63) is 89.5 Å². The number of anilines is 1. The first-order chi connectivity index (χ1) is 28.2. The van der Waals surface area contributed by atoms with Crippen molar-refractivity contribution >= 4 is 29.4 Å². The minimum absolute atomic E-state index is 0.0538. The Morgan fingerprint density at radius 3 is 1.42 bits per heavy atom. The van der Waals surface area contributed by atoms with Gasteiger partial charge < -0.3 is 39.8 Å². The van der Waals surface area contributed by atoms with Gasteiger partial charge in [-0.2, -0.15) is 0 Å². The standard InChI is InChI=1S/C24H37NO5.C24H31NO5/c2*1-6-29-21(23(27)28)15-17-7-13-20(14-8-17)30-16(2)22(26)25-19-11-9-18(10-12-19)24(3,4)5/h7-8,13-14,16,18-19,21H,6,9-12,15H2,1-5H3,(H,25,26)(H,27,28);7-14,16,21H,6,15H2,1-5H3,(H,25,26)(H,27,28)/t16?,18-,19-,21?;16-,21+/m.1/s1. The van der Waals surface area contributed by atoms with Gasteiger partial charge in [-0.1, -0.05) is 77.9 Å². The van der Waals surface area contributed by atoms with Crippen LogP contribution < -0.4 is 20.1 Å². The van der Waals surface area contributed by atoms with Gasteiger partial charge in [-0.25, -0.2) is 9.59 Å². The molecule has 1 aliphatic carbocycles. The van der Waals surface area contributed by atoms with E-state index < -0.39 is 36.4 Å².